The smallest absolute Gasteiger partial charge is 0.137 e. The van der Waals surface area contributed by atoms with Crippen molar-refractivity contribution in [3.63, 3.8) is 0 Å². The van der Waals surface area contributed by atoms with Gasteiger partial charge >= 0.3 is 0 Å². The van der Waals surface area contributed by atoms with Gasteiger partial charge < -0.3 is 9.72 Å². The van der Waals surface area contributed by atoms with Gasteiger partial charge in [0.2, 0.25) is 0 Å². The molecule has 0 aromatic carbocycles. The maximum absolute atomic E-state index is 4.51. The van der Waals surface area contributed by atoms with Crippen LogP contribution in [0.15, 0.2) is 55.1 Å². The van der Waals surface area contributed by atoms with Gasteiger partial charge in [-0.05, 0) is 24.3 Å². The van der Waals surface area contributed by atoms with Crippen molar-refractivity contribution in [1.82, 2.24) is 14.4 Å². The summed E-state index contributed by atoms with van der Waals surface area (Å²) in [4.78, 5) is 8.56. The largest absolute Gasteiger partial charge is 0.378 e. The first-order valence-electron chi connectivity index (χ1n) is 5.48. The number of hydrogen-bond donors (Lipinski definition) is 1. The summed E-state index contributed by atoms with van der Waals surface area (Å²) < 4.78 is 2.01. The molecule has 3 rings (SSSR count). The van der Waals surface area contributed by atoms with Gasteiger partial charge in [-0.25, -0.2) is 4.98 Å². The number of rotatable bonds is 3. The van der Waals surface area contributed by atoms with Crippen molar-refractivity contribution >= 4 is 11.3 Å². The standard InChI is InChI=1S/C13H12N4/c1-2-7-17-10-12(16-13(17)5-1)9-15-11-4-3-6-14-8-11/h1-8,10,15H,9H2. The summed E-state index contributed by atoms with van der Waals surface area (Å²) in [6.07, 6.45) is 7.58. The fourth-order valence-electron chi connectivity index (χ4n) is 1.73. The molecule has 0 unspecified atom stereocenters. The molecule has 0 aliphatic heterocycles. The molecule has 4 nitrogen and oxygen atoms in total. The lowest BCUT2D eigenvalue weighted by molar-refractivity contribution is 1.07. The third-order valence-corrected chi connectivity index (χ3v) is 2.55. The maximum atomic E-state index is 4.51. The highest BCUT2D eigenvalue weighted by Crippen LogP contribution is 2.08. The van der Waals surface area contributed by atoms with E-state index >= 15 is 0 Å². The summed E-state index contributed by atoms with van der Waals surface area (Å²) in [7, 11) is 0. The molecule has 0 amide bonds. The first-order chi connectivity index (χ1) is 8.42. The quantitative estimate of drug-likeness (QED) is 0.742. The van der Waals surface area contributed by atoms with Crippen LogP contribution >= 0.6 is 0 Å². The summed E-state index contributed by atoms with van der Waals surface area (Å²) in [6, 6.07) is 9.87. The lowest BCUT2D eigenvalue weighted by Gasteiger charge is -2.01. The number of anilines is 1. The molecule has 1 N–H and O–H groups in total. The summed E-state index contributed by atoms with van der Waals surface area (Å²) in [5.41, 5.74) is 2.99. The van der Waals surface area contributed by atoms with E-state index in [1.165, 1.54) is 0 Å². The number of aromatic nitrogens is 3. The predicted octanol–water partition coefficient (Wildman–Crippen LogP) is 2.34. The van der Waals surface area contributed by atoms with E-state index in [2.05, 4.69) is 15.3 Å². The average Bonchev–Trinajstić information content (AvgIpc) is 2.80. The molecule has 3 aromatic heterocycles. The van der Waals surface area contributed by atoms with Crippen molar-refractivity contribution in [2.24, 2.45) is 0 Å². The lowest BCUT2D eigenvalue weighted by Crippen LogP contribution is -1.99. The second-order valence-corrected chi connectivity index (χ2v) is 3.79. The number of pyridine rings is 2. The Morgan fingerprint density at radius 3 is 3.00 bits per heavy atom. The molecular weight excluding hydrogens is 212 g/mol. The molecule has 84 valence electrons. The Bertz CT molecular complexity index is 582. The summed E-state index contributed by atoms with van der Waals surface area (Å²) in [5.74, 6) is 0. The third-order valence-electron chi connectivity index (χ3n) is 2.55. The highest BCUT2D eigenvalue weighted by molar-refractivity contribution is 5.42. The monoisotopic (exact) mass is 224 g/mol. The molecule has 0 spiro atoms. The summed E-state index contributed by atoms with van der Waals surface area (Å²) in [6.45, 7) is 0.702. The fraction of sp³-hybridized carbons (Fsp3) is 0.0769. The van der Waals surface area contributed by atoms with Crippen molar-refractivity contribution in [2.75, 3.05) is 5.32 Å². The van der Waals surface area contributed by atoms with Crippen LogP contribution < -0.4 is 5.32 Å². The topological polar surface area (TPSA) is 42.2 Å². The Balaban J connectivity index is 1.77. The zero-order chi connectivity index (χ0) is 11.5. The Morgan fingerprint density at radius 1 is 1.18 bits per heavy atom. The van der Waals surface area contributed by atoms with Crippen molar-refractivity contribution in [3.8, 4) is 0 Å². The highest BCUT2D eigenvalue weighted by Gasteiger charge is 2.00. The van der Waals surface area contributed by atoms with Gasteiger partial charge in [0.1, 0.15) is 5.65 Å². The molecule has 0 fully saturated rings. The molecule has 3 heterocycles. The molecule has 4 heteroatoms. The van der Waals surface area contributed by atoms with Crippen LogP contribution in [0.5, 0.6) is 0 Å². The van der Waals surface area contributed by atoms with E-state index in [0.717, 1.165) is 17.0 Å². The van der Waals surface area contributed by atoms with Crippen molar-refractivity contribution < 1.29 is 0 Å². The van der Waals surface area contributed by atoms with Crippen LogP contribution in [-0.4, -0.2) is 14.4 Å². The van der Waals surface area contributed by atoms with Crippen LogP contribution in [-0.2, 0) is 6.54 Å². The fourth-order valence-corrected chi connectivity index (χ4v) is 1.73. The third kappa shape index (κ3) is 2.10. The first-order valence-corrected chi connectivity index (χ1v) is 5.48. The molecule has 0 aliphatic rings. The van der Waals surface area contributed by atoms with Gasteiger partial charge in [-0.3, -0.25) is 4.98 Å². The van der Waals surface area contributed by atoms with E-state index in [4.69, 9.17) is 0 Å². The van der Waals surface area contributed by atoms with E-state index in [9.17, 15) is 0 Å². The molecule has 0 radical (unpaired) electrons. The van der Waals surface area contributed by atoms with Gasteiger partial charge in [0.05, 0.1) is 17.9 Å². The summed E-state index contributed by atoms with van der Waals surface area (Å²) >= 11 is 0. The van der Waals surface area contributed by atoms with Crippen LogP contribution in [0.4, 0.5) is 5.69 Å². The zero-order valence-electron chi connectivity index (χ0n) is 9.24. The SMILES string of the molecule is c1cncc(NCc2cn3ccccc3n2)c1. The van der Waals surface area contributed by atoms with E-state index in [1.54, 1.807) is 12.4 Å². The molecule has 0 saturated carbocycles. The average molecular weight is 224 g/mol. The number of imidazole rings is 1. The molecule has 17 heavy (non-hydrogen) atoms. The van der Waals surface area contributed by atoms with Crippen molar-refractivity contribution in [2.45, 2.75) is 6.54 Å². The highest BCUT2D eigenvalue weighted by atomic mass is 15.0. The number of nitrogens with zero attached hydrogens (tertiary/aromatic N) is 3. The minimum Gasteiger partial charge on any atom is -0.378 e. The second kappa shape index (κ2) is 4.25. The van der Waals surface area contributed by atoms with E-state index in [0.29, 0.717) is 6.54 Å². The summed E-state index contributed by atoms with van der Waals surface area (Å²) in [5, 5.41) is 3.28. The molecular formula is C13H12N4. The van der Waals surface area contributed by atoms with Crippen molar-refractivity contribution in [3.05, 3.63) is 60.8 Å². The first kappa shape index (κ1) is 9.84. The van der Waals surface area contributed by atoms with Gasteiger partial charge in [0.25, 0.3) is 0 Å². The van der Waals surface area contributed by atoms with E-state index in [1.807, 2.05) is 47.1 Å². The molecule has 0 saturated heterocycles. The van der Waals surface area contributed by atoms with Crippen molar-refractivity contribution in [1.29, 1.82) is 0 Å². The maximum Gasteiger partial charge on any atom is 0.137 e. The Kier molecular flexibility index (Phi) is 2.46. The van der Waals surface area contributed by atoms with Crippen LogP contribution in [0.25, 0.3) is 5.65 Å². The van der Waals surface area contributed by atoms with Gasteiger partial charge in [0, 0.05) is 24.8 Å². The van der Waals surface area contributed by atoms with E-state index in [-0.39, 0.29) is 0 Å². The minimum atomic E-state index is 0.702. The molecule has 3 aromatic rings. The van der Waals surface area contributed by atoms with Crippen LogP contribution in [0.2, 0.25) is 0 Å². The van der Waals surface area contributed by atoms with E-state index < -0.39 is 0 Å². The minimum absolute atomic E-state index is 0.702. The molecule has 0 atom stereocenters. The molecule has 0 bridgehead atoms. The number of fused-ring (bicyclic) bond motifs is 1. The Morgan fingerprint density at radius 2 is 2.18 bits per heavy atom. The van der Waals surface area contributed by atoms with Gasteiger partial charge in [0.15, 0.2) is 0 Å². The lowest BCUT2D eigenvalue weighted by atomic mass is 10.4. The number of nitrogens with one attached hydrogen (secondary N) is 1. The van der Waals surface area contributed by atoms with Crippen LogP contribution in [0, 0.1) is 0 Å². The zero-order valence-corrected chi connectivity index (χ0v) is 9.24. The second-order valence-electron chi connectivity index (χ2n) is 3.79. The predicted molar refractivity (Wildman–Crippen MR) is 66.8 cm³/mol. The Labute approximate surface area is 99.0 Å². The molecule has 0 aliphatic carbocycles. The number of hydrogen-bond acceptors (Lipinski definition) is 3. The van der Waals surface area contributed by atoms with Gasteiger partial charge in [-0.15, -0.1) is 0 Å². The Hall–Kier alpha value is -2.36. The van der Waals surface area contributed by atoms with Gasteiger partial charge in [-0.1, -0.05) is 6.07 Å². The van der Waals surface area contributed by atoms with Gasteiger partial charge in [-0.2, -0.15) is 0 Å². The normalized spacial score (nSPS) is 10.6. The van der Waals surface area contributed by atoms with Crippen LogP contribution in [0.3, 0.4) is 0 Å². The van der Waals surface area contributed by atoms with Crippen LogP contribution in [0.1, 0.15) is 5.69 Å².